The Bertz CT molecular complexity index is 1350. The molecule has 0 aromatic heterocycles. The van der Waals surface area contributed by atoms with Crippen LogP contribution in [0.15, 0.2) is 47.1 Å². The van der Waals surface area contributed by atoms with Gasteiger partial charge in [0, 0.05) is 5.41 Å². The molecule has 4 aliphatic carbocycles. The lowest BCUT2D eigenvalue weighted by Crippen LogP contribution is -2.58. The number of fused-ring (bicyclic) bond motifs is 5. The van der Waals surface area contributed by atoms with Crippen LogP contribution in [0.2, 0.25) is 54.4 Å². The van der Waals surface area contributed by atoms with E-state index >= 15 is 0 Å². The maximum atomic E-state index is 7.56. The zero-order valence-corrected chi connectivity index (χ0v) is 39.4. The van der Waals surface area contributed by atoms with Crippen molar-refractivity contribution in [2.75, 3.05) is 13.2 Å². The van der Waals surface area contributed by atoms with Crippen molar-refractivity contribution in [3.05, 3.63) is 47.1 Å². The van der Waals surface area contributed by atoms with Crippen LogP contribution < -0.4 is 0 Å². The summed E-state index contributed by atoms with van der Waals surface area (Å²) in [5, 5.41) is 0.351. The lowest BCUT2D eigenvalue weighted by molar-refractivity contribution is -0.0391. The molecule has 4 nitrogen and oxygen atoms in total. The van der Waals surface area contributed by atoms with Gasteiger partial charge in [0.2, 0.25) is 0 Å². The third kappa shape index (κ3) is 8.65. The molecule has 292 valence electrons. The Morgan fingerprint density at radius 3 is 1.98 bits per heavy atom. The molecule has 0 aromatic carbocycles. The largest absolute Gasteiger partial charge is 0.414 e. The van der Waals surface area contributed by atoms with E-state index in [-0.39, 0.29) is 38.7 Å². The molecule has 0 saturated heterocycles. The molecular weight excluding hydrogens is 677 g/mol. The molecule has 0 aliphatic heterocycles. The fourth-order valence-corrected chi connectivity index (χ4v) is 15.3. The van der Waals surface area contributed by atoms with Crippen molar-refractivity contribution in [2.24, 2.45) is 22.7 Å². The predicted octanol–water partition coefficient (Wildman–Crippen LogP) is 13.2. The number of ether oxygens (including phenoxy) is 1. The molecule has 7 heteroatoms. The Balaban J connectivity index is 1.52. The topological polar surface area (TPSA) is 36.9 Å². The highest BCUT2D eigenvalue weighted by Gasteiger charge is 2.59. The number of hydrogen-bond acceptors (Lipinski definition) is 4. The highest BCUT2D eigenvalue weighted by atomic mass is 28.4. The fraction of sp³-hybridized carbons (Fsp3) is 0.818. The molecule has 4 aliphatic rings. The van der Waals surface area contributed by atoms with Crippen molar-refractivity contribution in [1.29, 1.82) is 0 Å². The minimum atomic E-state index is -2.03. The van der Waals surface area contributed by atoms with Gasteiger partial charge in [0.05, 0.1) is 31.0 Å². The van der Waals surface area contributed by atoms with Crippen molar-refractivity contribution >= 4 is 25.0 Å². The Morgan fingerprint density at radius 2 is 1.41 bits per heavy atom. The maximum Gasteiger partial charge on any atom is 0.193 e. The normalized spacial score (nSPS) is 30.8. The van der Waals surface area contributed by atoms with Gasteiger partial charge in [0.15, 0.2) is 25.0 Å². The zero-order valence-electron chi connectivity index (χ0n) is 36.4. The molecule has 6 atom stereocenters. The molecule has 0 bridgehead atoms. The summed E-state index contributed by atoms with van der Waals surface area (Å²) >= 11 is 0. The second-order valence-electron chi connectivity index (χ2n) is 20.8. The minimum absolute atomic E-state index is 0.000912. The number of rotatable bonds is 14. The van der Waals surface area contributed by atoms with E-state index in [2.05, 4.69) is 147 Å². The van der Waals surface area contributed by atoms with Gasteiger partial charge in [-0.1, -0.05) is 118 Å². The smallest absolute Gasteiger partial charge is 0.193 e. The molecule has 0 spiro atoms. The van der Waals surface area contributed by atoms with E-state index in [0.29, 0.717) is 18.4 Å². The summed E-state index contributed by atoms with van der Waals surface area (Å²) in [6.07, 6.45) is 18.0. The van der Waals surface area contributed by atoms with Crippen LogP contribution in [-0.2, 0) is 18.0 Å². The van der Waals surface area contributed by atoms with Crippen molar-refractivity contribution < 1.29 is 18.0 Å². The van der Waals surface area contributed by atoms with E-state index in [1.807, 2.05) is 0 Å². The van der Waals surface area contributed by atoms with Gasteiger partial charge in [-0.3, -0.25) is 0 Å². The lowest BCUT2D eigenvalue weighted by Gasteiger charge is -2.59. The van der Waals surface area contributed by atoms with E-state index in [9.17, 15) is 0 Å². The first kappa shape index (κ1) is 43.2. The van der Waals surface area contributed by atoms with E-state index < -0.39 is 25.0 Å². The summed E-state index contributed by atoms with van der Waals surface area (Å²) in [5.41, 5.74) is 4.65. The Hall–Kier alpha value is -0.549. The first-order valence-corrected chi connectivity index (χ1v) is 29.1. The van der Waals surface area contributed by atoms with Crippen LogP contribution in [-0.4, -0.2) is 56.0 Å². The molecule has 0 unspecified atom stereocenters. The van der Waals surface area contributed by atoms with Crippen molar-refractivity contribution in [3.8, 4) is 0 Å². The van der Waals surface area contributed by atoms with Gasteiger partial charge in [-0.25, -0.2) is 0 Å². The van der Waals surface area contributed by atoms with Crippen LogP contribution >= 0.6 is 0 Å². The van der Waals surface area contributed by atoms with Gasteiger partial charge in [-0.15, -0.1) is 0 Å². The number of hydrogen-bond donors (Lipinski definition) is 0. The van der Waals surface area contributed by atoms with Crippen molar-refractivity contribution in [2.45, 2.75) is 194 Å². The highest BCUT2D eigenvalue weighted by Crippen LogP contribution is 2.64. The Labute approximate surface area is 319 Å². The second-order valence-corrected chi connectivity index (χ2v) is 35.0. The summed E-state index contributed by atoms with van der Waals surface area (Å²) in [6, 6.07) is 3.52. The van der Waals surface area contributed by atoms with Crippen LogP contribution in [0.25, 0.3) is 0 Å². The molecule has 2 fully saturated rings. The van der Waals surface area contributed by atoms with Gasteiger partial charge >= 0.3 is 0 Å². The molecule has 0 heterocycles. The summed E-state index contributed by atoms with van der Waals surface area (Å²) < 4.78 is 27.9. The SMILES string of the molecule is CC[Si](CC)(CC)OC(C)(C)/C=C/COCC1=CC[C@H]2C3=CC=C4C[C@@H](O[Si](C)(C)C(C)(C)C)C[C@H](O[Si](C)(C)C(C)(C)C)[C@]4(C)[C@H]3CC[C@]12C. The van der Waals surface area contributed by atoms with Crippen LogP contribution in [0.1, 0.15) is 122 Å². The van der Waals surface area contributed by atoms with Crippen LogP contribution in [0.5, 0.6) is 0 Å². The second kappa shape index (κ2) is 15.2. The molecule has 0 aromatic rings. The Kier molecular flexibility index (Phi) is 12.9. The Morgan fingerprint density at radius 1 is 0.824 bits per heavy atom. The quantitative estimate of drug-likeness (QED) is 0.100. The summed E-state index contributed by atoms with van der Waals surface area (Å²) in [7, 11) is -5.62. The van der Waals surface area contributed by atoms with Crippen molar-refractivity contribution in [1.82, 2.24) is 0 Å². The zero-order chi connectivity index (χ0) is 38.5. The van der Waals surface area contributed by atoms with Crippen molar-refractivity contribution in [3.63, 3.8) is 0 Å². The third-order valence-corrected chi connectivity index (χ3v) is 29.1. The molecule has 0 radical (unpaired) electrons. The first-order valence-electron chi connectivity index (χ1n) is 20.7. The average molecular weight is 757 g/mol. The van der Waals surface area contributed by atoms with Gasteiger partial charge in [0.1, 0.15) is 0 Å². The minimum Gasteiger partial charge on any atom is -0.414 e. The molecule has 0 N–H and O–H groups in total. The lowest BCUT2D eigenvalue weighted by atomic mass is 9.50. The summed E-state index contributed by atoms with van der Waals surface area (Å²) in [4.78, 5) is 0. The molecule has 2 saturated carbocycles. The average Bonchev–Trinajstić information content (AvgIpc) is 3.35. The fourth-order valence-electron chi connectivity index (χ4n) is 9.42. The monoisotopic (exact) mass is 757 g/mol. The van der Waals surface area contributed by atoms with Crippen LogP contribution in [0.4, 0.5) is 0 Å². The standard InChI is InChI=1S/C44H80O4Si3/c1-18-51(19-2,20-3)48-42(10,11)27-21-29-45-32-34-23-25-37-36-24-22-33-30-35(46-49(14,15)40(4,5)6)31-39(47-50(16,17)41(7,8)9)44(33,13)38(36)26-28-43(34,37)12/h21-24,27,35,37-39H,18-20,25-26,28-32H2,1-17H3/b27-21+/t35-,37+,38+,39+,43-,44+/m1/s1. The summed E-state index contributed by atoms with van der Waals surface area (Å²) in [6.45, 7) is 41.8. The van der Waals surface area contributed by atoms with Gasteiger partial charge in [-0.05, 0) is 123 Å². The van der Waals surface area contributed by atoms with E-state index in [0.717, 1.165) is 25.9 Å². The summed E-state index contributed by atoms with van der Waals surface area (Å²) in [5.74, 6) is 1.06. The molecule has 4 rings (SSSR count). The predicted molar refractivity (Wildman–Crippen MR) is 227 cm³/mol. The molecule has 51 heavy (non-hydrogen) atoms. The number of allylic oxidation sites excluding steroid dienone is 4. The van der Waals surface area contributed by atoms with Crippen LogP contribution in [0, 0.1) is 22.7 Å². The van der Waals surface area contributed by atoms with E-state index in [1.165, 1.54) is 36.5 Å². The highest BCUT2D eigenvalue weighted by molar-refractivity contribution is 6.74. The van der Waals surface area contributed by atoms with Crippen LogP contribution in [0.3, 0.4) is 0 Å². The van der Waals surface area contributed by atoms with Gasteiger partial charge in [-0.2, -0.15) is 0 Å². The van der Waals surface area contributed by atoms with E-state index in [1.54, 1.807) is 11.1 Å². The molecule has 0 amide bonds. The first-order chi connectivity index (χ1) is 23.3. The van der Waals surface area contributed by atoms with Gasteiger partial charge in [0.25, 0.3) is 0 Å². The third-order valence-electron chi connectivity index (χ3n) is 15.3. The molecular formula is C44H80O4Si3. The van der Waals surface area contributed by atoms with Gasteiger partial charge < -0.3 is 18.0 Å². The maximum absolute atomic E-state index is 7.56. The van der Waals surface area contributed by atoms with E-state index in [4.69, 9.17) is 18.0 Å².